The third kappa shape index (κ3) is 4.94. The molecule has 1 saturated heterocycles. The topological polar surface area (TPSA) is 105 Å². The molecule has 1 N–H and O–H groups in total. The van der Waals surface area contributed by atoms with Crippen LogP contribution in [0.25, 0.3) is 5.57 Å². The Labute approximate surface area is 198 Å². The Bertz CT molecular complexity index is 1090. The number of amides is 2. The van der Waals surface area contributed by atoms with E-state index < -0.39 is 16.7 Å². The second kappa shape index (κ2) is 10.5. The number of hydrogen-bond donors (Lipinski definition) is 1. The van der Waals surface area contributed by atoms with Crippen LogP contribution in [0.5, 0.6) is 0 Å². The van der Waals surface area contributed by atoms with Gasteiger partial charge in [0.2, 0.25) is 0 Å². The molecular weight excluding hydrogens is 436 g/mol. The van der Waals surface area contributed by atoms with Gasteiger partial charge in [0.1, 0.15) is 5.70 Å². The Morgan fingerprint density at radius 2 is 1.68 bits per heavy atom. The van der Waals surface area contributed by atoms with Crippen molar-refractivity contribution in [2.75, 3.05) is 43.1 Å². The number of imide groups is 1. The third-order valence-corrected chi connectivity index (χ3v) is 6.02. The Morgan fingerprint density at radius 3 is 2.29 bits per heavy atom. The minimum absolute atomic E-state index is 0.0818. The molecule has 9 nitrogen and oxygen atoms in total. The van der Waals surface area contributed by atoms with Crippen molar-refractivity contribution in [3.63, 3.8) is 0 Å². The fourth-order valence-electron chi connectivity index (χ4n) is 4.26. The van der Waals surface area contributed by atoms with Crippen molar-refractivity contribution in [1.82, 2.24) is 4.90 Å². The number of nitrogens with one attached hydrogen (secondary N) is 1. The van der Waals surface area contributed by atoms with Crippen molar-refractivity contribution in [3.05, 3.63) is 69.9 Å². The summed E-state index contributed by atoms with van der Waals surface area (Å²) < 4.78 is 5.34. The summed E-state index contributed by atoms with van der Waals surface area (Å²) in [5, 5.41) is 14.2. The zero-order chi connectivity index (χ0) is 24.1. The first-order chi connectivity index (χ1) is 16.5. The van der Waals surface area contributed by atoms with Crippen molar-refractivity contribution >= 4 is 34.4 Å². The van der Waals surface area contributed by atoms with E-state index in [2.05, 4.69) is 10.2 Å². The lowest BCUT2D eigenvalue weighted by atomic mass is 10.0. The van der Waals surface area contributed by atoms with Crippen LogP contribution in [0.1, 0.15) is 31.7 Å². The molecule has 2 heterocycles. The number of nitro groups is 1. The number of hydrogen-bond acceptors (Lipinski definition) is 7. The van der Waals surface area contributed by atoms with Gasteiger partial charge in [-0.15, -0.1) is 0 Å². The number of non-ortho nitro benzene ring substituents is 1. The van der Waals surface area contributed by atoms with Gasteiger partial charge in [0, 0.05) is 56.4 Å². The molecule has 178 valence electrons. The van der Waals surface area contributed by atoms with Gasteiger partial charge in [-0.1, -0.05) is 0 Å². The van der Waals surface area contributed by atoms with Crippen molar-refractivity contribution in [3.8, 4) is 0 Å². The molecule has 0 bridgehead atoms. The third-order valence-electron chi connectivity index (χ3n) is 6.02. The van der Waals surface area contributed by atoms with Crippen LogP contribution in [0.15, 0.2) is 54.2 Å². The van der Waals surface area contributed by atoms with Crippen LogP contribution in [0.3, 0.4) is 0 Å². The number of carbonyl (C=O) groups excluding carboxylic acids is 2. The van der Waals surface area contributed by atoms with Gasteiger partial charge in [0.05, 0.1) is 10.5 Å². The highest BCUT2D eigenvalue weighted by atomic mass is 16.6. The number of anilines is 2. The molecule has 0 aliphatic carbocycles. The fourth-order valence-corrected chi connectivity index (χ4v) is 4.26. The van der Waals surface area contributed by atoms with E-state index >= 15 is 0 Å². The van der Waals surface area contributed by atoms with Gasteiger partial charge in [-0.25, -0.2) is 0 Å². The SMILES string of the molecule is CCOCCCN1C(=O)C(Nc2ccc(N3CCCC3)cc2)=C(c2ccc([N+](=O)[O-])cc2)C1=O. The normalized spacial score (nSPS) is 16.0. The minimum atomic E-state index is -0.499. The average molecular weight is 465 g/mol. The van der Waals surface area contributed by atoms with Crippen LogP contribution in [-0.4, -0.2) is 54.5 Å². The number of carbonyl (C=O) groups is 2. The van der Waals surface area contributed by atoms with Crippen molar-refractivity contribution in [2.24, 2.45) is 0 Å². The van der Waals surface area contributed by atoms with Crippen LogP contribution in [0.4, 0.5) is 17.1 Å². The lowest BCUT2D eigenvalue weighted by Gasteiger charge is -2.18. The van der Waals surface area contributed by atoms with E-state index in [0.29, 0.717) is 30.9 Å². The molecule has 1 fully saturated rings. The molecule has 0 unspecified atom stereocenters. The zero-order valence-corrected chi connectivity index (χ0v) is 19.2. The Kier molecular flexibility index (Phi) is 7.22. The molecule has 2 aromatic carbocycles. The second-order valence-corrected chi connectivity index (χ2v) is 8.23. The van der Waals surface area contributed by atoms with E-state index in [9.17, 15) is 19.7 Å². The van der Waals surface area contributed by atoms with Crippen LogP contribution < -0.4 is 10.2 Å². The predicted molar refractivity (Wildman–Crippen MR) is 129 cm³/mol. The maximum absolute atomic E-state index is 13.3. The van der Waals surface area contributed by atoms with Gasteiger partial charge in [0.15, 0.2) is 0 Å². The smallest absolute Gasteiger partial charge is 0.278 e. The standard InChI is InChI=1S/C25H28N4O5/c1-2-34-17-5-16-28-24(30)22(18-6-10-21(11-7-18)29(32)33)23(25(28)31)26-19-8-12-20(13-9-19)27-14-3-4-15-27/h6-13,26H,2-5,14-17H2,1H3. The van der Waals surface area contributed by atoms with E-state index in [-0.39, 0.29) is 23.5 Å². The summed E-state index contributed by atoms with van der Waals surface area (Å²) in [6, 6.07) is 13.5. The maximum Gasteiger partial charge on any atom is 0.278 e. The summed E-state index contributed by atoms with van der Waals surface area (Å²) in [7, 11) is 0. The van der Waals surface area contributed by atoms with Crippen LogP contribution >= 0.6 is 0 Å². The summed E-state index contributed by atoms with van der Waals surface area (Å²) in [6.45, 7) is 5.19. The summed E-state index contributed by atoms with van der Waals surface area (Å²) in [6.07, 6.45) is 2.89. The first-order valence-electron chi connectivity index (χ1n) is 11.5. The molecule has 9 heteroatoms. The number of benzene rings is 2. The van der Waals surface area contributed by atoms with Crippen LogP contribution in [0.2, 0.25) is 0 Å². The molecule has 0 atom stereocenters. The Morgan fingerprint density at radius 1 is 1.00 bits per heavy atom. The number of ether oxygens (including phenoxy) is 1. The summed E-state index contributed by atoms with van der Waals surface area (Å²) in [5.74, 6) is -0.843. The maximum atomic E-state index is 13.3. The molecule has 2 aliphatic heterocycles. The lowest BCUT2D eigenvalue weighted by Crippen LogP contribution is -2.34. The van der Waals surface area contributed by atoms with Gasteiger partial charge in [-0.05, 0) is 68.1 Å². The Hall–Kier alpha value is -3.72. The van der Waals surface area contributed by atoms with E-state index in [0.717, 1.165) is 18.8 Å². The van der Waals surface area contributed by atoms with E-state index in [4.69, 9.17) is 4.74 Å². The predicted octanol–water partition coefficient (Wildman–Crippen LogP) is 3.81. The Balaban J connectivity index is 1.61. The molecule has 2 aromatic rings. The van der Waals surface area contributed by atoms with Crippen LogP contribution in [0, 0.1) is 10.1 Å². The minimum Gasteiger partial charge on any atom is -0.382 e. The van der Waals surface area contributed by atoms with Gasteiger partial charge >= 0.3 is 0 Å². The molecule has 2 aliphatic rings. The highest BCUT2D eigenvalue weighted by Gasteiger charge is 2.39. The van der Waals surface area contributed by atoms with E-state index in [1.807, 2.05) is 31.2 Å². The first kappa shape index (κ1) is 23.4. The van der Waals surface area contributed by atoms with Gasteiger partial charge in [-0.2, -0.15) is 0 Å². The summed E-state index contributed by atoms with van der Waals surface area (Å²) >= 11 is 0. The molecule has 0 saturated carbocycles. The molecule has 4 rings (SSSR count). The lowest BCUT2D eigenvalue weighted by molar-refractivity contribution is -0.384. The molecular formula is C25H28N4O5. The number of nitro benzene ring substituents is 1. The fraction of sp³-hybridized carbons (Fsp3) is 0.360. The van der Waals surface area contributed by atoms with Crippen LogP contribution in [-0.2, 0) is 14.3 Å². The monoisotopic (exact) mass is 464 g/mol. The van der Waals surface area contributed by atoms with Gasteiger partial charge < -0.3 is 15.0 Å². The zero-order valence-electron chi connectivity index (χ0n) is 19.2. The first-order valence-corrected chi connectivity index (χ1v) is 11.5. The quantitative estimate of drug-likeness (QED) is 0.247. The summed E-state index contributed by atoms with van der Waals surface area (Å²) in [4.78, 5) is 40.6. The largest absolute Gasteiger partial charge is 0.382 e. The second-order valence-electron chi connectivity index (χ2n) is 8.23. The van der Waals surface area contributed by atoms with Crippen molar-refractivity contribution in [1.29, 1.82) is 0 Å². The molecule has 34 heavy (non-hydrogen) atoms. The summed E-state index contributed by atoms with van der Waals surface area (Å²) in [5.41, 5.74) is 2.56. The van der Waals surface area contributed by atoms with E-state index in [1.54, 1.807) is 0 Å². The highest BCUT2D eigenvalue weighted by molar-refractivity contribution is 6.36. The molecule has 2 amide bonds. The molecule has 0 spiro atoms. The van der Waals surface area contributed by atoms with Crippen molar-refractivity contribution in [2.45, 2.75) is 26.2 Å². The number of rotatable bonds is 10. The molecule has 0 radical (unpaired) electrons. The van der Waals surface area contributed by atoms with Gasteiger partial charge in [-0.3, -0.25) is 24.6 Å². The van der Waals surface area contributed by atoms with E-state index in [1.165, 1.54) is 42.0 Å². The average Bonchev–Trinajstić information content (AvgIpc) is 3.46. The van der Waals surface area contributed by atoms with Crippen molar-refractivity contribution < 1.29 is 19.2 Å². The highest BCUT2D eigenvalue weighted by Crippen LogP contribution is 2.32. The number of nitrogens with zero attached hydrogens (tertiary/aromatic N) is 3. The van der Waals surface area contributed by atoms with Gasteiger partial charge in [0.25, 0.3) is 17.5 Å². The molecule has 0 aromatic heterocycles.